The third kappa shape index (κ3) is 4.91. The summed E-state index contributed by atoms with van der Waals surface area (Å²) in [7, 11) is -4.06. The van der Waals surface area contributed by atoms with Crippen molar-refractivity contribution in [2.24, 2.45) is 0 Å². The van der Waals surface area contributed by atoms with Crippen LogP contribution in [0.25, 0.3) is 22.1 Å². The van der Waals surface area contributed by atoms with E-state index in [1.807, 2.05) is 0 Å². The molecule has 4 aromatic rings. The molecule has 3 heterocycles. The molecule has 0 aliphatic carbocycles. The van der Waals surface area contributed by atoms with E-state index >= 15 is 0 Å². The molecule has 0 bridgehead atoms. The summed E-state index contributed by atoms with van der Waals surface area (Å²) in [5, 5.41) is 3.32. The number of ether oxygens (including phenoxy) is 1. The Balaban J connectivity index is 1.63. The van der Waals surface area contributed by atoms with Gasteiger partial charge in [0.1, 0.15) is 40.6 Å². The lowest BCUT2D eigenvalue weighted by Crippen LogP contribution is -2.44. The second kappa shape index (κ2) is 9.05. The SMILES string of the molecule is CS(=O)(=O)N[C@@H]1Cn2c(cn(Cc3noc4cc(OC(F)(F)F)cc(-c5c(F)cc(F)cc5F)c34)c2=O)C1(F)F. The maximum Gasteiger partial charge on any atom is 0.573 e. The van der Waals surface area contributed by atoms with Crippen molar-refractivity contribution in [3.63, 3.8) is 0 Å². The van der Waals surface area contributed by atoms with Gasteiger partial charge in [0.2, 0.25) is 10.0 Å². The van der Waals surface area contributed by atoms with E-state index in [0.717, 1.165) is 4.57 Å². The van der Waals surface area contributed by atoms with Crippen LogP contribution in [-0.4, -0.2) is 41.4 Å². The summed E-state index contributed by atoms with van der Waals surface area (Å²) in [6, 6.07) is -0.105. The predicted octanol–water partition coefficient (Wildman–Crippen LogP) is 3.85. The number of imidazole rings is 1. The van der Waals surface area contributed by atoms with Gasteiger partial charge in [-0.15, -0.1) is 13.2 Å². The molecule has 0 saturated heterocycles. The molecule has 0 amide bonds. The van der Waals surface area contributed by atoms with Gasteiger partial charge in [-0.2, -0.15) is 8.78 Å². The first-order valence-electron chi connectivity index (χ1n) is 10.9. The van der Waals surface area contributed by atoms with E-state index in [0.29, 0.717) is 29.2 Å². The Bertz CT molecular complexity index is 1800. The van der Waals surface area contributed by atoms with Crippen LogP contribution in [0.2, 0.25) is 0 Å². The zero-order valence-electron chi connectivity index (χ0n) is 19.7. The minimum absolute atomic E-state index is 0.278. The molecule has 0 spiro atoms. The summed E-state index contributed by atoms with van der Waals surface area (Å²) >= 11 is 0. The molecule has 2 aromatic heterocycles. The Morgan fingerprint density at radius 1 is 1.15 bits per heavy atom. The highest BCUT2D eigenvalue weighted by Gasteiger charge is 2.52. The first-order valence-corrected chi connectivity index (χ1v) is 12.8. The third-order valence-electron chi connectivity index (χ3n) is 5.99. The number of nitrogens with zero attached hydrogens (tertiary/aromatic N) is 3. The quantitative estimate of drug-likeness (QED) is 0.338. The predicted molar refractivity (Wildman–Crippen MR) is 119 cm³/mol. The number of halogens is 8. The van der Waals surface area contributed by atoms with Crippen molar-refractivity contribution in [3.05, 3.63) is 69.8 Å². The smallest absolute Gasteiger partial charge is 0.406 e. The lowest BCUT2D eigenvalue weighted by molar-refractivity contribution is -0.274. The van der Waals surface area contributed by atoms with E-state index in [4.69, 9.17) is 4.52 Å². The highest BCUT2D eigenvalue weighted by Crippen LogP contribution is 2.40. The molecule has 1 N–H and O–H groups in total. The largest absolute Gasteiger partial charge is 0.573 e. The minimum Gasteiger partial charge on any atom is -0.406 e. The van der Waals surface area contributed by atoms with E-state index in [9.17, 15) is 48.3 Å². The Morgan fingerprint density at radius 2 is 1.80 bits per heavy atom. The molecule has 9 nitrogen and oxygen atoms in total. The van der Waals surface area contributed by atoms with Crippen molar-refractivity contribution < 1.29 is 52.8 Å². The molecule has 2 aromatic carbocycles. The maximum atomic E-state index is 14.9. The molecule has 0 fully saturated rings. The minimum atomic E-state index is -5.22. The van der Waals surface area contributed by atoms with Crippen molar-refractivity contribution in [2.45, 2.75) is 31.4 Å². The second-order valence-electron chi connectivity index (χ2n) is 8.87. The lowest BCUT2D eigenvalue weighted by atomic mass is 9.98. The summed E-state index contributed by atoms with van der Waals surface area (Å²) in [6.07, 6.45) is -3.84. The van der Waals surface area contributed by atoms with Gasteiger partial charge in [-0.1, -0.05) is 5.16 Å². The molecule has 40 heavy (non-hydrogen) atoms. The van der Waals surface area contributed by atoms with Crippen molar-refractivity contribution in [3.8, 4) is 16.9 Å². The van der Waals surface area contributed by atoms with Crippen molar-refractivity contribution in [1.29, 1.82) is 0 Å². The fraction of sp³-hybridized carbons (Fsp3) is 0.273. The fourth-order valence-electron chi connectivity index (χ4n) is 4.50. The van der Waals surface area contributed by atoms with Crippen LogP contribution in [0, 0.1) is 17.5 Å². The Hall–Kier alpha value is -3.93. The van der Waals surface area contributed by atoms with Gasteiger partial charge < -0.3 is 9.26 Å². The third-order valence-corrected chi connectivity index (χ3v) is 6.71. The standard InChI is InChI=1S/C22H14F8N4O5S/c1-40(36,37)32-16-7-34-17(21(16,26)27)8-33(20(34)35)6-14-19-11(18-12(24)2-9(23)3-13(18)25)4-10(38-22(28,29)30)5-15(19)39-31-14/h2-5,8,16,32H,6-7H2,1H3/t16-/m1/s1. The van der Waals surface area contributed by atoms with Crippen LogP contribution in [-0.2, 0) is 29.0 Å². The summed E-state index contributed by atoms with van der Waals surface area (Å²) in [4.78, 5) is 12.9. The van der Waals surface area contributed by atoms with E-state index in [2.05, 4.69) is 9.89 Å². The molecule has 1 aliphatic rings. The first kappa shape index (κ1) is 27.6. The van der Waals surface area contributed by atoms with E-state index in [1.54, 1.807) is 4.72 Å². The van der Waals surface area contributed by atoms with Crippen LogP contribution in [0.5, 0.6) is 5.75 Å². The molecular formula is C22H14F8N4O5S. The second-order valence-corrected chi connectivity index (χ2v) is 10.6. The average Bonchev–Trinajstić information content (AvgIpc) is 3.39. The number of benzene rings is 2. The molecule has 214 valence electrons. The number of rotatable bonds is 6. The topological polar surface area (TPSA) is 108 Å². The van der Waals surface area contributed by atoms with Crippen LogP contribution in [0.3, 0.4) is 0 Å². The summed E-state index contributed by atoms with van der Waals surface area (Å²) in [5.74, 6) is -9.10. The number of hydrogen-bond donors (Lipinski definition) is 1. The highest BCUT2D eigenvalue weighted by atomic mass is 32.2. The average molecular weight is 598 g/mol. The van der Waals surface area contributed by atoms with Gasteiger partial charge in [0.15, 0.2) is 5.58 Å². The lowest BCUT2D eigenvalue weighted by Gasteiger charge is -2.18. The number of hydrogen-bond acceptors (Lipinski definition) is 6. The van der Waals surface area contributed by atoms with Gasteiger partial charge in [0, 0.05) is 30.0 Å². The number of sulfonamides is 1. The summed E-state index contributed by atoms with van der Waals surface area (Å²) < 4.78 is 146. The van der Waals surface area contributed by atoms with Gasteiger partial charge in [0.05, 0.1) is 30.3 Å². The van der Waals surface area contributed by atoms with Crippen LogP contribution >= 0.6 is 0 Å². The number of aromatic nitrogens is 3. The van der Waals surface area contributed by atoms with Gasteiger partial charge >= 0.3 is 18.0 Å². The van der Waals surface area contributed by atoms with Crippen LogP contribution < -0.4 is 15.1 Å². The summed E-state index contributed by atoms with van der Waals surface area (Å²) in [5.41, 5.74) is -4.28. The molecule has 0 unspecified atom stereocenters. The monoisotopic (exact) mass is 598 g/mol. The van der Waals surface area contributed by atoms with Crippen molar-refractivity contribution in [2.75, 3.05) is 6.26 Å². The molecule has 0 radical (unpaired) electrons. The van der Waals surface area contributed by atoms with Crippen LogP contribution in [0.4, 0.5) is 35.1 Å². The van der Waals surface area contributed by atoms with E-state index < -0.39 is 92.7 Å². The van der Waals surface area contributed by atoms with Gasteiger partial charge in [-0.05, 0) is 6.07 Å². The molecule has 1 atom stereocenters. The number of alkyl halides is 5. The Kier molecular flexibility index (Phi) is 6.25. The maximum absolute atomic E-state index is 14.9. The summed E-state index contributed by atoms with van der Waals surface area (Å²) in [6.45, 7) is -1.39. The normalized spacial score (nSPS) is 17.0. The molecular weight excluding hydrogens is 584 g/mol. The zero-order chi connectivity index (χ0) is 29.4. The molecule has 5 rings (SSSR count). The Labute approximate surface area is 217 Å². The van der Waals surface area contributed by atoms with Crippen LogP contribution in [0.1, 0.15) is 11.4 Å². The number of nitrogens with one attached hydrogen (secondary N) is 1. The van der Waals surface area contributed by atoms with Gasteiger partial charge in [-0.3, -0.25) is 9.13 Å². The molecule has 18 heteroatoms. The molecule has 1 aliphatic heterocycles. The van der Waals surface area contributed by atoms with Gasteiger partial charge in [0.25, 0.3) is 0 Å². The molecule has 0 saturated carbocycles. The Morgan fingerprint density at radius 3 is 2.38 bits per heavy atom. The van der Waals surface area contributed by atoms with Gasteiger partial charge in [-0.25, -0.2) is 31.1 Å². The van der Waals surface area contributed by atoms with Crippen molar-refractivity contribution in [1.82, 2.24) is 19.0 Å². The van der Waals surface area contributed by atoms with Crippen LogP contribution in [0.15, 0.2) is 39.8 Å². The van der Waals surface area contributed by atoms with E-state index in [-0.39, 0.29) is 23.2 Å². The highest BCUT2D eigenvalue weighted by molar-refractivity contribution is 7.88. The van der Waals surface area contributed by atoms with Crippen molar-refractivity contribution >= 4 is 21.0 Å². The number of fused-ring (bicyclic) bond motifs is 2. The van der Waals surface area contributed by atoms with E-state index in [1.165, 1.54) is 0 Å². The fourth-order valence-corrected chi connectivity index (χ4v) is 5.24. The first-order chi connectivity index (χ1) is 18.4. The zero-order valence-corrected chi connectivity index (χ0v) is 20.5.